The van der Waals surface area contributed by atoms with E-state index in [0.29, 0.717) is 6.61 Å². The maximum atomic E-state index is 6.17. The third-order valence-corrected chi connectivity index (χ3v) is 4.70. The molecule has 2 atom stereocenters. The van der Waals surface area contributed by atoms with E-state index in [-0.39, 0.29) is 12.2 Å². The molecule has 0 aliphatic carbocycles. The molecule has 0 aromatic heterocycles. The van der Waals surface area contributed by atoms with Gasteiger partial charge in [-0.2, -0.15) is 0 Å². The lowest BCUT2D eigenvalue weighted by Crippen LogP contribution is -2.26. The third kappa shape index (κ3) is 5.15. The molecule has 1 aliphatic rings. The largest absolute Gasteiger partial charge is 0.489 e. The molecule has 26 heavy (non-hydrogen) atoms. The van der Waals surface area contributed by atoms with Gasteiger partial charge in [0.25, 0.3) is 0 Å². The first kappa shape index (κ1) is 18.6. The van der Waals surface area contributed by atoms with Gasteiger partial charge in [0, 0.05) is 6.61 Å². The predicted octanol–water partition coefficient (Wildman–Crippen LogP) is 4.82. The SMILES string of the molecule is CC[C@@H](CNc1ccccc1OC[C@H]1CCCO1)Oc1ccccc1C. The van der Waals surface area contributed by atoms with E-state index >= 15 is 0 Å². The van der Waals surface area contributed by atoms with Crippen molar-refractivity contribution in [2.75, 3.05) is 25.1 Å². The summed E-state index contributed by atoms with van der Waals surface area (Å²) < 4.78 is 17.8. The second-order valence-electron chi connectivity index (χ2n) is 6.74. The Morgan fingerprint density at radius 3 is 2.62 bits per heavy atom. The Kier molecular flexibility index (Phi) is 6.78. The number of hydrogen-bond donors (Lipinski definition) is 1. The van der Waals surface area contributed by atoms with Crippen LogP contribution in [0.3, 0.4) is 0 Å². The van der Waals surface area contributed by atoms with Crippen LogP contribution in [-0.2, 0) is 4.74 Å². The van der Waals surface area contributed by atoms with Gasteiger partial charge in [-0.3, -0.25) is 0 Å². The molecule has 0 bridgehead atoms. The van der Waals surface area contributed by atoms with Crippen LogP contribution in [0.2, 0.25) is 0 Å². The van der Waals surface area contributed by atoms with Crippen LogP contribution in [-0.4, -0.2) is 32.0 Å². The number of aryl methyl sites for hydroxylation is 1. The normalized spacial score (nSPS) is 17.7. The number of hydrogen-bond acceptors (Lipinski definition) is 4. The topological polar surface area (TPSA) is 39.7 Å². The molecule has 1 saturated heterocycles. The van der Waals surface area contributed by atoms with E-state index in [1.807, 2.05) is 42.5 Å². The van der Waals surface area contributed by atoms with Crippen molar-refractivity contribution >= 4 is 5.69 Å². The molecule has 0 radical (unpaired) electrons. The number of ether oxygens (including phenoxy) is 3. The average molecular weight is 355 g/mol. The van der Waals surface area contributed by atoms with Gasteiger partial charge < -0.3 is 19.5 Å². The van der Waals surface area contributed by atoms with Gasteiger partial charge in [-0.25, -0.2) is 0 Å². The fourth-order valence-electron chi connectivity index (χ4n) is 3.06. The van der Waals surface area contributed by atoms with Crippen LogP contribution in [0.4, 0.5) is 5.69 Å². The maximum Gasteiger partial charge on any atom is 0.142 e. The van der Waals surface area contributed by atoms with Gasteiger partial charge in [-0.1, -0.05) is 37.3 Å². The Labute approximate surface area is 156 Å². The van der Waals surface area contributed by atoms with Crippen LogP contribution in [0.15, 0.2) is 48.5 Å². The zero-order valence-corrected chi connectivity index (χ0v) is 15.7. The van der Waals surface area contributed by atoms with Crippen LogP contribution in [0.25, 0.3) is 0 Å². The molecular weight excluding hydrogens is 326 g/mol. The molecule has 4 nitrogen and oxygen atoms in total. The van der Waals surface area contributed by atoms with Crippen LogP contribution >= 0.6 is 0 Å². The highest BCUT2D eigenvalue weighted by Gasteiger charge is 2.17. The summed E-state index contributed by atoms with van der Waals surface area (Å²) in [5.74, 6) is 1.82. The van der Waals surface area contributed by atoms with E-state index in [0.717, 1.165) is 55.2 Å². The summed E-state index contributed by atoms with van der Waals surface area (Å²) in [7, 11) is 0. The molecule has 0 unspecified atom stereocenters. The quantitative estimate of drug-likeness (QED) is 0.700. The molecule has 1 fully saturated rings. The molecule has 1 heterocycles. The van der Waals surface area contributed by atoms with Crippen molar-refractivity contribution in [3.8, 4) is 11.5 Å². The lowest BCUT2D eigenvalue weighted by Gasteiger charge is -2.21. The lowest BCUT2D eigenvalue weighted by molar-refractivity contribution is 0.0682. The molecule has 0 amide bonds. The summed E-state index contributed by atoms with van der Waals surface area (Å²) in [6.07, 6.45) is 3.46. The van der Waals surface area contributed by atoms with Gasteiger partial charge >= 0.3 is 0 Å². The summed E-state index contributed by atoms with van der Waals surface area (Å²) in [5, 5.41) is 3.49. The minimum absolute atomic E-state index is 0.0994. The average Bonchev–Trinajstić information content (AvgIpc) is 3.19. The van der Waals surface area contributed by atoms with Crippen molar-refractivity contribution in [3.05, 3.63) is 54.1 Å². The number of benzene rings is 2. The van der Waals surface area contributed by atoms with Gasteiger partial charge in [0.2, 0.25) is 0 Å². The summed E-state index contributed by atoms with van der Waals surface area (Å²) in [5.41, 5.74) is 2.16. The number of para-hydroxylation sites is 3. The van der Waals surface area contributed by atoms with Crippen LogP contribution < -0.4 is 14.8 Å². The zero-order chi connectivity index (χ0) is 18.2. The standard InChI is InChI=1S/C22H29NO3/c1-3-18(26-21-12-6-4-9-17(21)2)15-23-20-11-5-7-13-22(20)25-16-19-10-8-14-24-19/h4-7,9,11-13,18-19,23H,3,8,10,14-16H2,1-2H3/t18-,19+/m0/s1. The van der Waals surface area contributed by atoms with Crippen LogP contribution in [0.5, 0.6) is 11.5 Å². The highest BCUT2D eigenvalue weighted by molar-refractivity contribution is 5.56. The van der Waals surface area contributed by atoms with Gasteiger partial charge in [-0.05, 0) is 49.9 Å². The minimum atomic E-state index is 0.0994. The van der Waals surface area contributed by atoms with Crippen LogP contribution in [0, 0.1) is 6.92 Å². The molecular formula is C22H29NO3. The summed E-state index contributed by atoms with van der Waals surface area (Å²) >= 11 is 0. The molecule has 1 aliphatic heterocycles. The zero-order valence-electron chi connectivity index (χ0n) is 15.7. The first-order valence-corrected chi connectivity index (χ1v) is 9.56. The summed E-state index contributed by atoms with van der Waals surface area (Å²) in [6, 6.07) is 16.2. The van der Waals surface area contributed by atoms with Crippen molar-refractivity contribution in [3.63, 3.8) is 0 Å². The van der Waals surface area contributed by atoms with Crippen molar-refractivity contribution in [1.29, 1.82) is 0 Å². The third-order valence-electron chi connectivity index (χ3n) is 4.70. The lowest BCUT2D eigenvalue weighted by atomic mass is 10.2. The highest BCUT2D eigenvalue weighted by atomic mass is 16.5. The van der Waals surface area contributed by atoms with Crippen LogP contribution in [0.1, 0.15) is 31.7 Å². The second-order valence-corrected chi connectivity index (χ2v) is 6.74. The van der Waals surface area contributed by atoms with E-state index in [2.05, 4.69) is 25.2 Å². The molecule has 0 saturated carbocycles. The maximum absolute atomic E-state index is 6.17. The number of rotatable bonds is 9. The van der Waals surface area contributed by atoms with E-state index in [1.54, 1.807) is 0 Å². The Morgan fingerprint density at radius 1 is 1.12 bits per heavy atom. The molecule has 0 spiro atoms. The van der Waals surface area contributed by atoms with Gasteiger partial charge in [-0.15, -0.1) is 0 Å². The van der Waals surface area contributed by atoms with Crippen molar-refractivity contribution in [2.45, 2.75) is 45.3 Å². The Bertz CT molecular complexity index is 683. The van der Waals surface area contributed by atoms with E-state index in [4.69, 9.17) is 14.2 Å². The summed E-state index contributed by atoms with van der Waals surface area (Å²) in [6.45, 7) is 6.40. The van der Waals surface area contributed by atoms with Gasteiger partial charge in [0.05, 0.1) is 18.3 Å². The van der Waals surface area contributed by atoms with Gasteiger partial charge in [0.1, 0.15) is 24.2 Å². The number of nitrogens with one attached hydrogen (secondary N) is 1. The molecule has 1 N–H and O–H groups in total. The van der Waals surface area contributed by atoms with Crippen molar-refractivity contribution in [1.82, 2.24) is 0 Å². The van der Waals surface area contributed by atoms with Crippen molar-refractivity contribution < 1.29 is 14.2 Å². The predicted molar refractivity (Wildman–Crippen MR) is 105 cm³/mol. The smallest absolute Gasteiger partial charge is 0.142 e. The first-order chi connectivity index (χ1) is 12.8. The monoisotopic (exact) mass is 355 g/mol. The van der Waals surface area contributed by atoms with E-state index < -0.39 is 0 Å². The van der Waals surface area contributed by atoms with E-state index in [1.165, 1.54) is 0 Å². The molecule has 2 aromatic carbocycles. The van der Waals surface area contributed by atoms with Gasteiger partial charge in [0.15, 0.2) is 0 Å². The van der Waals surface area contributed by atoms with E-state index in [9.17, 15) is 0 Å². The fraction of sp³-hybridized carbons (Fsp3) is 0.455. The molecule has 2 aromatic rings. The minimum Gasteiger partial charge on any atom is -0.489 e. The molecule has 4 heteroatoms. The second kappa shape index (κ2) is 9.48. The highest BCUT2D eigenvalue weighted by Crippen LogP contribution is 2.26. The molecule has 3 rings (SSSR count). The Hall–Kier alpha value is -2.20. The number of anilines is 1. The first-order valence-electron chi connectivity index (χ1n) is 9.56. The van der Waals surface area contributed by atoms with Crippen molar-refractivity contribution in [2.24, 2.45) is 0 Å². The molecule has 140 valence electrons. The fourth-order valence-corrected chi connectivity index (χ4v) is 3.06. The summed E-state index contributed by atoms with van der Waals surface area (Å²) in [4.78, 5) is 0. The Balaban J connectivity index is 1.56. The Morgan fingerprint density at radius 2 is 1.88 bits per heavy atom.